The van der Waals surface area contributed by atoms with Crippen LogP contribution in [0.5, 0.6) is 0 Å². The van der Waals surface area contributed by atoms with E-state index in [1.165, 1.54) is 24.8 Å². The monoisotopic (exact) mass is 196 g/mol. The van der Waals surface area contributed by atoms with Crippen molar-refractivity contribution in [3.05, 3.63) is 11.6 Å². The van der Waals surface area contributed by atoms with E-state index in [2.05, 4.69) is 33.8 Å². The molecule has 3 unspecified atom stereocenters. The standard InChI is InChI=1S/C13H24O/c1-9(2)5-6-12-7-10(3)11(4)13(14)8-12/h8-11,13-14H,5-7H2,1-4H3. The first-order chi connectivity index (χ1) is 6.50. The minimum absolute atomic E-state index is 0.207. The van der Waals surface area contributed by atoms with Gasteiger partial charge >= 0.3 is 0 Å². The molecule has 0 amide bonds. The molecule has 0 saturated carbocycles. The molecule has 0 spiro atoms. The number of aliphatic hydroxyl groups is 1. The highest BCUT2D eigenvalue weighted by atomic mass is 16.3. The second-order valence-corrected chi connectivity index (χ2v) is 5.29. The van der Waals surface area contributed by atoms with Gasteiger partial charge in [-0.05, 0) is 37.0 Å². The molecule has 14 heavy (non-hydrogen) atoms. The summed E-state index contributed by atoms with van der Waals surface area (Å²) in [5.74, 6) is 1.83. The van der Waals surface area contributed by atoms with Crippen LogP contribution in [0.4, 0.5) is 0 Å². The summed E-state index contributed by atoms with van der Waals surface area (Å²) >= 11 is 0. The van der Waals surface area contributed by atoms with E-state index in [4.69, 9.17) is 0 Å². The van der Waals surface area contributed by atoms with E-state index >= 15 is 0 Å². The summed E-state index contributed by atoms with van der Waals surface area (Å²) in [4.78, 5) is 0. The molecule has 0 aromatic heterocycles. The van der Waals surface area contributed by atoms with Gasteiger partial charge in [0, 0.05) is 0 Å². The van der Waals surface area contributed by atoms with Gasteiger partial charge in [-0.25, -0.2) is 0 Å². The topological polar surface area (TPSA) is 20.2 Å². The summed E-state index contributed by atoms with van der Waals surface area (Å²) in [6.07, 6.45) is 5.49. The lowest BCUT2D eigenvalue weighted by atomic mass is 9.78. The highest BCUT2D eigenvalue weighted by Crippen LogP contribution is 2.31. The predicted molar refractivity (Wildman–Crippen MR) is 61.1 cm³/mol. The molecule has 0 aromatic carbocycles. The third-order valence-corrected chi connectivity index (χ3v) is 3.47. The quantitative estimate of drug-likeness (QED) is 0.686. The average Bonchev–Trinajstić information content (AvgIpc) is 2.10. The maximum Gasteiger partial charge on any atom is 0.0751 e. The van der Waals surface area contributed by atoms with Gasteiger partial charge in [-0.15, -0.1) is 0 Å². The Labute approximate surface area is 88.2 Å². The Hall–Kier alpha value is -0.300. The second kappa shape index (κ2) is 4.97. The van der Waals surface area contributed by atoms with Crippen LogP contribution in [0.3, 0.4) is 0 Å². The van der Waals surface area contributed by atoms with Gasteiger partial charge in [0.05, 0.1) is 6.10 Å². The van der Waals surface area contributed by atoms with Crippen LogP contribution in [-0.2, 0) is 0 Å². The summed E-state index contributed by atoms with van der Waals surface area (Å²) in [5, 5.41) is 9.81. The molecule has 0 fully saturated rings. The van der Waals surface area contributed by atoms with Crippen molar-refractivity contribution < 1.29 is 5.11 Å². The molecule has 82 valence electrons. The Morgan fingerprint density at radius 2 is 2.07 bits per heavy atom. The highest BCUT2D eigenvalue weighted by Gasteiger charge is 2.25. The van der Waals surface area contributed by atoms with E-state index < -0.39 is 0 Å². The molecule has 0 saturated heterocycles. The Balaban J connectivity index is 2.50. The number of rotatable bonds is 3. The third-order valence-electron chi connectivity index (χ3n) is 3.47. The Bertz CT molecular complexity index is 205. The van der Waals surface area contributed by atoms with Crippen LogP contribution in [0.25, 0.3) is 0 Å². The van der Waals surface area contributed by atoms with Gasteiger partial charge in [0.15, 0.2) is 0 Å². The summed E-state index contributed by atoms with van der Waals surface area (Å²) in [6, 6.07) is 0. The van der Waals surface area contributed by atoms with Crippen LogP contribution < -0.4 is 0 Å². The van der Waals surface area contributed by atoms with Crippen LogP contribution in [0.15, 0.2) is 11.6 Å². The molecule has 0 bridgehead atoms. The molecule has 0 aliphatic heterocycles. The zero-order valence-corrected chi connectivity index (χ0v) is 9.96. The molecule has 3 atom stereocenters. The van der Waals surface area contributed by atoms with Gasteiger partial charge in [-0.1, -0.05) is 39.3 Å². The van der Waals surface area contributed by atoms with E-state index in [1.54, 1.807) is 0 Å². The van der Waals surface area contributed by atoms with E-state index in [0.717, 1.165) is 5.92 Å². The molecule has 1 aliphatic carbocycles. The van der Waals surface area contributed by atoms with Crippen molar-refractivity contribution in [1.29, 1.82) is 0 Å². The maximum atomic E-state index is 9.81. The number of hydrogen-bond donors (Lipinski definition) is 1. The van der Waals surface area contributed by atoms with Crippen LogP contribution in [0, 0.1) is 17.8 Å². The number of allylic oxidation sites excluding steroid dienone is 1. The van der Waals surface area contributed by atoms with Gasteiger partial charge in [0.25, 0.3) is 0 Å². The minimum Gasteiger partial charge on any atom is -0.389 e. The first-order valence-electron chi connectivity index (χ1n) is 5.88. The van der Waals surface area contributed by atoms with E-state index in [9.17, 15) is 5.11 Å². The molecule has 1 heteroatoms. The van der Waals surface area contributed by atoms with Crippen molar-refractivity contribution in [1.82, 2.24) is 0 Å². The summed E-state index contributed by atoms with van der Waals surface area (Å²) in [5.41, 5.74) is 1.47. The summed E-state index contributed by atoms with van der Waals surface area (Å²) < 4.78 is 0. The normalized spacial score (nSPS) is 33.3. The average molecular weight is 196 g/mol. The molecular weight excluding hydrogens is 172 g/mol. The first-order valence-corrected chi connectivity index (χ1v) is 5.88. The fraction of sp³-hybridized carbons (Fsp3) is 0.846. The number of aliphatic hydroxyl groups excluding tert-OH is 1. The fourth-order valence-electron chi connectivity index (χ4n) is 2.06. The number of hydrogen-bond acceptors (Lipinski definition) is 1. The van der Waals surface area contributed by atoms with Gasteiger partial charge in [-0.3, -0.25) is 0 Å². The smallest absolute Gasteiger partial charge is 0.0751 e. The Kier molecular flexibility index (Phi) is 4.18. The van der Waals surface area contributed by atoms with Crippen molar-refractivity contribution >= 4 is 0 Å². The SMILES string of the molecule is CC(C)CCC1=CC(O)C(C)C(C)C1. The van der Waals surface area contributed by atoms with Crippen LogP contribution in [-0.4, -0.2) is 11.2 Å². The van der Waals surface area contributed by atoms with E-state index in [1.807, 2.05) is 0 Å². The van der Waals surface area contributed by atoms with Gasteiger partial charge in [-0.2, -0.15) is 0 Å². The van der Waals surface area contributed by atoms with Gasteiger partial charge in [0.1, 0.15) is 0 Å². The van der Waals surface area contributed by atoms with Crippen molar-refractivity contribution in [2.24, 2.45) is 17.8 Å². The van der Waals surface area contributed by atoms with E-state index in [-0.39, 0.29) is 6.10 Å². The fourth-order valence-corrected chi connectivity index (χ4v) is 2.06. The van der Waals surface area contributed by atoms with Crippen LogP contribution >= 0.6 is 0 Å². The van der Waals surface area contributed by atoms with Gasteiger partial charge < -0.3 is 5.11 Å². The molecule has 1 nitrogen and oxygen atoms in total. The van der Waals surface area contributed by atoms with Crippen LogP contribution in [0.2, 0.25) is 0 Å². The first kappa shape index (κ1) is 11.8. The molecule has 0 radical (unpaired) electrons. The highest BCUT2D eigenvalue weighted by molar-refractivity contribution is 5.11. The van der Waals surface area contributed by atoms with Crippen molar-refractivity contribution in [3.63, 3.8) is 0 Å². The molecule has 1 rings (SSSR count). The molecule has 1 N–H and O–H groups in total. The Morgan fingerprint density at radius 1 is 1.43 bits per heavy atom. The zero-order valence-electron chi connectivity index (χ0n) is 9.96. The van der Waals surface area contributed by atoms with Crippen molar-refractivity contribution in [2.75, 3.05) is 0 Å². The minimum atomic E-state index is -0.207. The Morgan fingerprint density at radius 3 is 2.57 bits per heavy atom. The largest absolute Gasteiger partial charge is 0.389 e. The zero-order chi connectivity index (χ0) is 10.7. The van der Waals surface area contributed by atoms with Crippen molar-refractivity contribution in [3.8, 4) is 0 Å². The molecule has 1 aliphatic rings. The maximum absolute atomic E-state index is 9.81. The summed E-state index contributed by atoms with van der Waals surface area (Å²) in [6.45, 7) is 8.90. The lowest BCUT2D eigenvalue weighted by Crippen LogP contribution is -2.27. The van der Waals surface area contributed by atoms with Gasteiger partial charge in [0.2, 0.25) is 0 Å². The lowest BCUT2D eigenvalue weighted by Gasteiger charge is -2.30. The van der Waals surface area contributed by atoms with Crippen molar-refractivity contribution in [2.45, 2.75) is 53.1 Å². The third kappa shape index (κ3) is 3.13. The van der Waals surface area contributed by atoms with Crippen LogP contribution in [0.1, 0.15) is 47.0 Å². The predicted octanol–water partition coefficient (Wildman–Crippen LogP) is 3.39. The molecule has 0 heterocycles. The molecular formula is C13H24O. The van der Waals surface area contributed by atoms with E-state index in [0.29, 0.717) is 11.8 Å². The molecule has 0 aromatic rings. The lowest BCUT2D eigenvalue weighted by molar-refractivity contribution is 0.116. The second-order valence-electron chi connectivity index (χ2n) is 5.29. The summed E-state index contributed by atoms with van der Waals surface area (Å²) in [7, 11) is 0.